The van der Waals surface area contributed by atoms with Crippen molar-refractivity contribution in [1.29, 1.82) is 0 Å². The molecule has 3 atom stereocenters. The number of fused-ring (bicyclic) bond motifs is 2. The van der Waals surface area contributed by atoms with Crippen LogP contribution >= 0.6 is 11.6 Å². The highest BCUT2D eigenvalue weighted by atomic mass is 35.5. The molecule has 2 fully saturated rings. The second-order valence-electron chi connectivity index (χ2n) is 8.35. The minimum absolute atomic E-state index is 0.155. The predicted octanol–water partition coefficient (Wildman–Crippen LogP) is 4.93. The van der Waals surface area contributed by atoms with E-state index in [0.29, 0.717) is 39.9 Å². The molecule has 156 valence electrons. The molecule has 2 bridgehead atoms. The molecule has 1 N–H and O–H groups in total. The largest absolute Gasteiger partial charge is 0.444 e. The molecule has 0 aliphatic carbocycles. The number of anilines is 1. The van der Waals surface area contributed by atoms with Crippen molar-refractivity contribution in [2.75, 3.05) is 5.32 Å². The number of benzene rings is 1. The van der Waals surface area contributed by atoms with Gasteiger partial charge in [0.25, 0.3) is 0 Å². The third-order valence-electron chi connectivity index (χ3n) is 5.97. The molecular formula is C21H22ClN5O3. The van der Waals surface area contributed by atoms with Crippen LogP contribution in [0.15, 0.2) is 33.3 Å². The van der Waals surface area contributed by atoms with Gasteiger partial charge < -0.3 is 19.1 Å². The molecule has 2 aliphatic heterocycles. The lowest BCUT2D eigenvalue weighted by Gasteiger charge is -2.61. The summed E-state index contributed by atoms with van der Waals surface area (Å²) >= 11 is 6.33. The van der Waals surface area contributed by atoms with E-state index in [0.717, 1.165) is 25.0 Å². The zero-order valence-corrected chi connectivity index (χ0v) is 17.7. The third-order valence-corrected chi connectivity index (χ3v) is 6.30. The fraction of sp³-hybridized carbons (Fsp3) is 0.429. The number of amides is 2. The van der Waals surface area contributed by atoms with Crippen molar-refractivity contribution in [3.8, 4) is 11.5 Å². The zero-order valence-electron chi connectivity index (χ0n) is 17.0. The van der Waals surface area contributed by atoms with E-state index in [2.05, 4.69) is 27.4 Å². The van der Waals surface area contributed by atoms with Gasteiger partial charge in [-0.2, -0.15) is 0 Å². The van der Waals surface area contributed by atoms with Crippen LogP contribution in [0.25, 0.3) is 11.5 Å². The molecule has 5 rings (SSSR count). The number of carbonyl (C=O) groups excluding carboxylic acids is 1. The first-order valence-corrected chi connectivity index (χ1v) is 10.4. The normalized spacial score (nSPS) is 25.1. The van der Waals surface area contributed by atoms with E-state index in [1.54, 1.807) is 31.4 Å². The monoisotopic (exact) mass is 427 g/mol. The number of halogens is 1. The predicted molar refractivity (Wildman–Crippen MR) is 110 cm³/mol. The number of carbonyl (C=O) groups is 1. The van der Waals surface area contributed by atoms with Gasteiger partial charge in [0.15, 0.2) is 0 Å². The first-order chi connectivity index (χ1) is 14.4. The molecule has 9 heteroatoms. The summed E-state index contributed by atoms with van der Waals surface area (Å²) in [5.41, 5.74) is 1.46. The number of nitrogens with one attached hydrogen (secondary N) is 1. The molecule has 30 heavy (non-hydrogen) atoms. The second kappa shape index (κ2) is 6.84. The fourth-order valence-electron chi connectivity index (χ4n) is 4.86. The van der Waals surface area contributed by atoms with Gasteiger partial charge in [-0.05, 0) is 43.9 Å². The van der Waals surface area contributed by atoms with E-state index in [-0.39, 0.29) is 12.1 Å². The Balaban J connectivity index is 1.43. The number of oxazole rings is 1. The molecule has 0 unspecified atom stereocenters. The van der Waals surface area contributed by atoms with Gasteiger partial charge in [0.2, 0.25) is 17.7 Å². The Labute approximate surface area is 178 Å². The second-order valence-corrected chi connectivity index (χ2v) is 8.76. The summed E-state index contributed by atoms with van der Waals surface area (Å²) in [7, 11) is 0. The van der Waals surface area contributed by atoms with Gasteiger partial charge >= 0.3 is 6.03 Å². The minimum atomic E-state index is -0.539. The van der Waals surface area contributed by atoms with Crippen LogP contribution in [0, 0.1) is 19.8 Å². The summed E-state index contributed by atoms with van der Waals surface area (Å²) in [6, 6.07) is 5.23. The Morgan fingerprint density at radius 2 is 2.13 bits per heavy atom. The Bertz CT molecular complexity index is 1130. The van der Waals surface area contributed by atoms with Crippen LogP contribution < -0.4 is 5.32 Å². The molecule has 2 saturated heterocycles. The van der Waals surface area contributed by atoms with Crippen LogP contribution in [0.5, 0.6) is 0 Å². The fourth-order valence-corrected chi connectivity index (χ4v) is 5.06. The van der Waals surface area contributed by atoms with Crippen LogP contribution in [0.4, 0.5) is 10.5 Å². The van der Waals surface area contributed by atoms with Gasteiger partial charge in [-0.1, -0.05) is 18.5 Å². The first-order valence-electron chi connectivity index (χ1n) is 9.99. The van der Waals surface area contributed by atoms with Crippen molar-refractivity contribution in [3.05, 3.63) is 47.0 Å². The molecule has 2 aromatic heterocycles. The van der Waals surface area contributed by atoms with Crippen LogP contribution in [0.3, 0.4) is 0 Å². The molecule has 8 nitrogen and oxygen atoms in total. The lowest BCUT2D eigenvalue weighted by Crippen LogP contribution is -2.70. The average molecular weight is 428 g/mol. The minimum Gasteiger partial charge on any atom is -0.444 e. The summed E-state index contributed by atoms with van der Waals surface area (Å²) in [6.07, 6.45) is 4.17. The number of aromatic nitrogens is 3. The quantitative estimate of drug-likeness (QED) is 0.636. The number of urea groups is 1. The Hall–Kier alpha value is -2.87. The topological polar surface area (TPSA) is 97.3 Å². The number of nitrogens with zero attached hydrogens (tertiary/aromatic N) is 4. The maximum absolute atomic E-state index is 13.3. The number of aryl methyl sites for hydroxylation is 2. The highest BCUT2D eigenvalue weighted by Gasteiger charge is 2.62. The van der Waals surface area contributed by atoms with Gasteiger partial charge in [-0.15, -0.1) is 10.2 Å². The van der Waals surface area contributed by atoms with Crippen molar-refractivity contribution >= 4 is 23.3 Å². The third kappa shape index (κ3) is 2.98. The van der Waals surface area contributed by atoms with Crippen LogP contribution in [0.1, 0.15) is 43.7 Å². The van der Waals surface area contributed by atoms with E-state index in [9.17, 15) is 4.79 Å². The van der Waals surface area contributed by atoms with E-state index in [1.807, 2.05) is 11.8 Å². The number of hydrogen-bond donors (Lipinski definition) is 1. The van der Waals surface area contributed by atoms with Gasteiger partial charge in [-0.3, -0.25) is 0 Å². The maximum atomic E-state index is 13.3. The summed E-state index contributed by atoms with van der Waals surface area (Å²) < 4.78 is 11.2. The van der Waals surface area contributed by atoms with Crippen LogP contribution in [-0.4, -0.2) is 32.2 Å². The summed E-state index contributed by atoms with van der Waals surface area (Å²) in [6.45, 7) is 5.80. The van der Waals surface area contributed by atoms with E-state index in [1.165, 1.54) is 0 Å². The number of piperidine rings is 1. The molecule has 0 saturated carbocycles. The zero-order chi connectivity index (χ0) is 21.0. The van der Waals surface area contributed by atoms with Crippen molar-refractivity contribution in [2.45, 2.75) is 51.6 Å². The molecule has 0 radical (unpaired) electrons. The van der Waals surface area contributed by atoms with Crippen LogP contribution in [0.2, 0.25) is 5.02 Å². The number of hydrogen-bond acceptors (Lipinski definition) is 6. The molecule has 3 aromatic rings. The average Bonchev–Trinajstić information content (AvgIpc) is 3.31. The lowest BCUT2D eigenvalue weighted by atomic mass is 9.64. The van der Waals surface area contributed by atoms with Crippen LogP contribution in [-0.2, 0) is 5.54 Å². The molecule has 0 spiro atoms. The highest BCUT2D eigenvalue weighted by Crippen LogP contribution is 2.55. The number of rotatable bonds is 3. The molecule has 2 aliphatic rings. The summed E-state index contributed by atoms with van der Waals surface area (Å²) in [4.78, 5) is 19.5. The lowest BCUT2D eigenvalue weighted by molar-refractivity contribution is -0.110. The van der Waals surface area contributed by atoms with Crippen molar-refractivity contribution in [3.63, 3.8) is 0 Å². The maximum Gasteiger partial charge on any atom is 0.323 e. The molecule has 2 amide bonds. The standard InChI is InChI=1S/C21H22ClN5O3/c1-11-6-15-9-21(8-11,19-26-25-13(3)30-19)27(15)20(28)24-14-4-5-17(22)16(7-14)18-23-12(2)10-29-18/h4-5,7,10-11,15H,6,8-9H2,1-3H3,(H,24,28)/t11-,15-,21+/m1/s1. The summed E-state index contributed by atoms with van der Waals surface area (Å²) in [5, 5.41) is 11.7. The molecule has 1 aromatic carbocycles. The Morgan fingerprint density at radius 1 is 1.30 bits per heavy atom. The van der Waals surface area contributed by atoms with Gasteiger partial charge in [0.1, 0.15) is 11.8 Å². The SMILES string of the molecule is Cc1coc(-c2cc(NC(=O)N3[C@@H]4C[C@@H](C)C[C@@]3(c3nnc(C)o3)C4)ccc2Cl)n1. The van der Waals surface area contributed by atoms with Gasteiger partial charge in [0, 0.05) is 25.1 Å². The van der Waals surface area contributed by atoms with Gasteiger partial charge in [0.05, 0.1) is 16.3 Å². The van der Waals surface area contributed by atoms with E-state index < -0.39 is 5.54 Å². The van der Waals surface area contributed by atoms with Crippen molar-refractivity contribution < 1.29 is 13.6 Å². The van der Waals surface area contributed by atoms with E-state index in [4.69, 9.17) is 20.4 Å². The Morgan fingerprint density at radius 3 is 2.83 bits per heavy atom. The van der Waals surface area contributed by atoms with Crippen molar-refractivity contribution in [1.82, 2.24) is 20.1 Å². The first kappa shape index (κ1) is 19.1. The molecular weight excluding hydrogens is 406 g/mol. The van der Waals surface area contributed by atoms with E-state index >= 15 is 0 Å². The Kier molecular flexibility index (Phi) is 4.36. The summed E-state index contributed by atoms with van der Waals surface area (Å²) in [5.74, 6) is 1.92. The molecule has 4 heterocycles. The highest BCUT2D eigenvalue weighted by molar-refractivity contribution is 6.33. The van der Waals surface area contributed by atoms with Gasteiger partial charge in [-0.25, -0.2) is 9.78 Å². The van der Waals surface area contributed by atoms with Crippen molar-refractivity contribution in [2.24, 2.45) is 5.92 Å². The smallest absolute Gasteiger partial charge is 0.323 e.